The van der Waals surface area contributed by atoms with Crippen molar-refractivity contribution in [3.63, 3.8) is 0 Å². The highest BCUT2D eigenvalue weighted by molar-refractivity contribution is 5.85. The quantitative estimate of drug-likeness (QED) is 0.868. The second-order valence-corrected chi connectivity index (χ2v) is 7.04. The van der Waals surface area contributed by atoms with E-state index in [1.54, 1.807) is 0 Å². The minimum absolute atomic E-state index is 0.0387. The Kier molecular flexibility index (Phi) is 5.21. The van der Waals surface area contributed by atoms with Gasteiger partial charge in [-0.25, -0.2) is 14.8 Å². The van der Waals surface area contributed by atoms with Crippen molar-refractivity contribution in [2.24, 2.45) is 5.41 Å². The molecule has 1 saturated carbocycles. The molecule has 0 atom stereocenters. The van der Waals surface area contributed by atoms with Gasteiger partial charge >= 0.3 is 5.97 Å². The van der Waals surface area contributed by atoms with Gasteiger partial charge in [-0.05, 0) is 18.3 Å². The van der Waals surface area contributed by atoms with Crippen LogP contribution in [0.25, 0.3) is 0 Å². The molecule has 122 valence electrons. The molecule has 1 aromatic heterocycles. The first-order valence-electron chi connectivity index (χ1n) is 7.85. The van der Waals surface area contributed by atoms with Crippen molar-refractivity contribution in [2.45, 2.75) is 58.9 Å². The van der Waals surface area contributed by atoms with E-state index in [-0.39, 0.29) is 17.0 Å². The molecule has 0 saturated heterocycles. The number of carboxylic acids is 1. The third-order valence-corrected chi connectivity index (χ3v) is 3.55. The molecule has 6 nitrogen and oxygen atoms in total. The van der Waals surface area contributed by atoms with Crippen molar-refractivity contribution in [1.29, 1.82) is 0 Å². The zero-order valence-electron chi connectivity index (χ0n) is 13.6. The summed E-state index contributed by atoms with van der Waals surface area (Å²) in [5.41, 5.74) is -0.138. The number of rotatable bonds is 5. The Hall–Kier alpha value is -1.85. The van der Waals surface area contributed by atoms with E-state index in [2.05, 4.69) is 36.1 Å². The first-order chi connectivity index (χ1) is 10.3. The zero-order chi connectivity index (χ0) is 16.2. The number of carbonyl (C=O) groups is 1. The Bertz CT molecular complexity index is 520. The largest absolute Gasteiger partial charge is 0.476 e. The maximum Gasteiger partial charge on any atom is 0.356 e. The lowest BCUT2D eigenvalue weighted by atomic mass is 9.95. The molecule has 1 aliphatic rings. The van der Waals surface area contributed by atoms with Gasteiger partial charge in [-0.3, -0.25) is 0 Å². The number of carboxylic acid groups (broad SMARTS) is 1. The highest BCUT2D eigenvalue weighted by Gasteiger charge is 2.20. The number of aromatic carboxylic acids is 1. The molecule has 2 rings (SSSR count). The van der Waals surface area contributed by atoms with Gasteiger partial charge in [0, 0.05) is 6.04 Å². The summed E-state index contributed by atoms with van der Waals surface area (Å²) in [7, 11) is 0. The summed E-state index contributed by atoms with van der Waals surface area (Å²) < 4.78 is 5.73. The van der Waals surface area contributed by atoms with Crippen LogP contribution in [0.2, 0.25) is 0 Å². The first kappa shape index (κ1) is 16.5. The van der Waals surface area contributed by atoms with Crippen LogP contribution in [0.15, 0.2) is 6.20 Å². The van der Waals surface area contributed by atoms with E-state index in [0.29, 0.717) is 18.5 Å². The lowest BCUT2D eigenvalue weighted by molar-refractivity contribution is 0.0688. The molecule has 0 amide bonds. The average molecular weight is 307 g/mol. The number of hydrogen-bond acceptors (Lipinski definition) is 5. The second-order valence-electron chi connectivity index (χ2n) is 7.04. The molecule has 0 radical (unpaired) electrons. The lowest BCUT2D eigenvalue weighted by Gasteiger charge is -2.25. The normalized spacial score (nSPS) is 16.3. The Morgan fingerprint density at radius 3 is 2.64 bits per heavy atom. The first-order valence-corrected chi connectivity index (χ1v) is 7.85. The van der Waals surface area contributed by atoms with Gasteiger partial charge in [0.15, 0.2) is 11.5 Å². The number of aromatic nitrogens is 2. The number of nitrogens with one attached hydrogen (secondary N) is 1. The van der Waals surface area contributed by atoms with Crippen LogP contribution in [0.5, 0.6) is 5.88 Å². The van der Waals surface area contributed by atoms with Gasteiger partial charge in [-0.2, -0.15) is 0 Å². The lowest BCUT2D eigenvalue weighted by Crippen LogP contribution is -2.25. The maximum absolute atomic E-state index is 11.1. The van der Waals surface area contributed by atoms with Crippen LogP contribution in [0.3, 0.4) is 0 Å². The highest BCUT2D eigenvalue weighted by Crippen LogP contribution is 2.27. The molecule has 2 N–H and O–H groups in total. The van der Waals surface area contributed by atoms with Crippen molar-refractivity contribution < 1.29 is 14.6 Å². The van der Waals surface area contributed by atoms with Crippen molar-refractivity contribution in [3.05, 3.63) is 11.9 Å². The summed E-state index contributed by atoms with van der Waals surface area (Å²) >= 11 is 0. The molecule has 22 heavy (non-hydrogen) atoms. The predicted molar refractivity (Wildman–Crippen MR) is 84.4 cm³/mol. The molecule has 0 bridgehead atoms. The minimum atomic E-state index is -1.10. The fourth-order valence-electron chi connectivity index (χ4n) is 2.40. The van der Waals surface area contributed by atoms with E-state index in [0.717, 1.165) is 12.8 Å². The second kappa shape index (κ2) is 6.94. The molecule has 6 heteroatoms. The van der Waals surface area contributed by atoms with Gasteiger partial charge in [0.1, 0.15) is 0 Å². The average Bonchev–Trinajstić information content (AvgIpc) is 2.46. The fraction of sp³-hybridized carbons (Fsp3) is 0.688. The van der Waals surface area contributed by atoms with E-state index < -0.39 is 5.97 Å². The van der Waals surface area contributed by atoms with E-state index in [9.17, 15) is 4.79 Å². The standard InChI is InChI=1S/C16H25N3O3/c1-16(2,3)10-22-14-13(17-9-12(19-14)15(20)21)18-11-7-5-4-6-8-11/h9,11H,4-8,10H2,1-3H3,(H,17,18)(H,20,21). The summed E-state index contributed by atoms with van der Waals surface area (Å²) in [5, 5.41) is 12.4. The molecule has 1 aromatic rings. The molecular weight excluding hydrogens is 282 g/mol. The van der Waals surface area contributed by atoms with Crippen LogP contribution < -0.4 is 10.1 Å². The number of ether oxygens (including phenoxy) is 1. The van der Waals surface area contributed by atoms with E-state index in [1.165, 1.54) is 25.5 Å². The van der Waals surface area contributed by atoms with Crippen molar-refractivity contribution >= 4 is 11.8 Å². The van der Waals surface area contributed by atoms with Crippen molar-refractivity contribution in [1.82, 2.24) is 9.97 Å². The van der Waals surface area contributed by atoms with Crippen LogP contribution in [0, 0.1) is 5.41 Å². The molecule has 1 fully saturated rings. The third-order valence-electron chi connectivity index (χ3n) is 3.55. The summed E-state index contributed by atoms with van der Waals surface area (Å²) in [6, 6.07) is 0.357. The van der Waals surface area contributed by atoms with Crippen LogP contribution in [0.4, 0.5) is 5.82 Å². The minimum Gasteiger partial charge on any atom is -0.476 e. The summed E-state index contributed by atoms with van der Waals surface area (Å²) in [4.78, 5) is 19.4. The Balaban J connectivity index is 2.16. The molecule has 0 spiro atoms. The molecule has 0 aromatic carbocycles. The van der Waals surface area contributed by atoms with E-state index >= 15 is 0 Å². The number of nitrogens with zero attached hydrogens (tertiary/aromatic N) is 2. The molecule has 0 aliphatic heterocycles. The van der Waals surface area contributed by atoms with Gasteiger partial charge in [-0.15, -0.1) is 0 Å². The van der Waals surface area contributed by atoms with Gasteiger partial charge < -0.3 is 15.2 Å². The summed E-state index contributed by atoms with van der Waals surface area (Å²) in [6.07, 6.45) is 7.15. The Morgan fingerprint density at radius 1 is 1.36 bits per heavy atom. The Labute approximate surface area is 131 Å². The van der Waals surface area contributed by atoms with E-state index in [1.807, 2.05) is 0 Å². The van der Waals surface area contributed by atoms with Crippen LogP contribution in [0.1, 0.15) is 63.4 Å². The van der Waals surface area contributed by atoms with Crippen LogP contribution in [-0.4, -0.2) is 33.7 Å². The number of hydrogen-bond donors (Lipinski definition) is 2. The summed E-state index contributed by atoms with van der Waals surface area (Å²) in [6.45, 7) is 6.60. The predicted octanol–water partition coefficient (Wildman–Crippen LogP) is 3.34. The van der Waals surface area contributed by atoms with Crippen molar-refractivity contribution in [3.8, 4) is 5.88 Å². The van der Waals surface area contributed by atoms with Crippen LogP contribution >= 0.6 is 0 Å². The molecule has 1 aliphatic carbocycles. The smallest absolute Gasteiger partial charge is 0.356 e. The van der Waals surface area contributed by atoms with Crippen LogP contribution in [-0.2, 0) is 0 Å². The van der Waals surface area contributed by atoms with Crippen molar-refractivity contribution in [2.75, 3.05) is 11.9 Å². The topological polar surface area (TPSA) is 84.3 Å². The van der Waals surface area contributed by atoms with Gasteiger partial charge in [0.05, 0.1) is 12.8 Å². The van der Waals surface area contributed by atoms with E-state index in [4.69, 9.17) is 9.84 Å². The Morgan fingerprint density at radius 2 is 2.05 bits per heavy atom. The molecular formula is C16H25N3O3. The third kappa shape index (κ3) is 4.86. The SMILES string of the molecule is CC(C)(C)COc1nc(C(=O)O)cnc1NC1CCCCC1. The number of anilines is 1. The van der Waals surface area contributed by atoms with Gasteiger partial charge in [0.2, 0.25) is 0 Å². The van der Waals surface area contributed by atoms with Gasteiger partial charge in [-0.1, -0.05) is 40.0 Å². The molecule has 0 unspecified atom stereocenters. The highest BCUT2D eigenvalue weighted by atomic mass is 16.5. The zero-order valence-corrected chi connectivity index (χ0v) is 13.6. The monoisotopic (exact) mass is 307 g/mol. The maximum atomic E-state index is 11.1. The molecule has 1 heterocycles. The summed E-state index contributed by atoms with van der Waals surface area (Å²) in [5.74, 6) is -0.279. The fourth-order valence-corrected chi connectivity index (χ4v) is 2.40. The van der Waals surface area contributed by atoms with Gasteiger partial charge in [0.25, 0.3) is 5.88 Å².